The van der Waals surface area contributed by atoms with Crippen LogP contribution in [0.3, 0.4) is 0 Å². The Bertz CT molecular complexity index is 576. The Kier molecular flexibility index (Phi) is 5.09. The maximum Gasteiger partial charge on any atom is 0.128 e. The SMILES string of the molecule is c1ccc(N2CCN(CN3CCN(c4ccccn4)CC3)CC2)nc1. The highest BCUT2D eigenvalue weighted by molar-refractivity contribution is 5.39. The number of hydrogen-bond donors (Lipinski definition) is 0. The molecule has 2 aliphatic rings. The lowest BCUT2D eigenvalue weighted by Gasteiger charge is -2.41. The molecule has 2 aliphatic heterocycles. The third-order valence-electron chi connectivity index (χ3n) is 5.09. The van der Waals surface area contributed by atoms with Crippen LogP contribution < -0.4 is 9.80 Å². The zero-order valence-corrected chi connectivity index (χ0v) is 14.7. The number of hydrogen-bond acceptors (Lipinski definition) is 6. The molecule has 2 aromatic rings. The molecule has 0 atom stereocenters. The second-order valence-electron chi connectivity index (χ2n) is 6.73. The van der Waals surface area contributed by atoms with E-state index in [4.69, 9.17) is 0 Å². The molecule has 0 bridgehead atoms. The minimum atomic E-state index is 1.06. The number of anilines is 2. The first-order valence-electron chi connectivity index (χ1n) is 9.15. The molecule has 0 aromatic carbocycles. The lowest BCUT2D eigenvalue weighted by atomic mass is 10.3. The van der Waals surface area contributed by atoms with Crippen LogP contribution in [-0.4, -0.2) is 78.8 Å². The molecule has 4 rings (SSSR count). The van der Waals surface area contributed by atoms with E-state index in [0.717, 1.165) is 70.7 Å². The molecule has 2 fully saturated rings. The fourth-order valence-electron chi connectivity index (χ4n) is 3.60. The molecule has 2 aromatic heterocycles. The summed E-state index contributed by atoms with van der Waals surface area (Å²) < 4.78 is 0. The molecule has 132 valence electrons. The smallest absolute Gasteiger partial charge is 0.128 e. The fraction of sp³-hybridized carbons (Fsp3) is 0.474. The highest BCUT2D eigenvalue weighted by atomic mass is 15.4. The van der Waals surface area contributed by atoms with E-state index in [2.05, 4.69) is 53.8 Å². The van der Waals surface area contributed by atoms with E-state index >= 15 is 0 Å². The largest absolute Gasteiger partial charge is 0.354 e. The van der Waals surface area contributed by atoms with E-state index in [1.165, 1.54) is 0 Å². The number of pyridine rings is 2. The van der Waals surface area contributed by atoms with Crippen molar-refractivity contribution in [2.75, 3.05) is 68.8 Å². The Hall–Kier alpha value is -2.18. The Balaban J connectivity index is 1.22. The van der Waals surface area contributed by atoms with Gasteiger partial charge in [0, 0.05) is 64.8 Å². The second-order valence-corrected chi connectivity index (χ2v) is 6.73. The zero-order valence-electron chi connectivity index (χ0n) is 14.7. The third kappa shape index (κ3) is 4.08. The molecular weight excluding hydrogens is 312 g/mol. The van der Waals surface area contributed by atoms with Gasteiger partial charge in [0.25, 0.3) is 0 Å². The highest BCUT2D eigenvalue weighted by Crippen LogP contribution is 2.15. The molecule has 4 heterocycles. The first kappa shape index (κ1) is 16.3. The number of piperazine rings is 2. The van der Waals surface area contributed by atoms with E-state index in [1.54, 1.807) is 0 Å². The van der Waals surface area contributed by atoms with Crippen LogP contribution in [-0.2, 0) is 0 Å². The van der Waals surface area contributed by atoms with E-state index in [9.17, 15) is 0 Å². The predicted molar refractivity (Wildman–Crippen MR) is 101 cm³/mol. The van der Waals surface area contributed by atoms with E-state index in [0.29, 0.717) is 0 Å². The Morgan fingerprint density at radius 2 is 1.04 bits per heavy atom. The van der Waals surface area contributed by atoms with Crippen molar-refractivity contribution in [2.24, 2.45) is 0 Å². The molecular formula is C19H26N6. The highest BCUT2D eigenvalue weighted by Gasteiger charge is 2.22. The van der Waals surface area contributed by atoms with Gasteiger partial charge >= 0.3 is 0 Å². The summed E-state index contributed by atoms with van der Waals surface area (Å²) in [4.78, 5) is 18.8. The maximum absolute atomic E-state index is 4.47. The van der Waals surface area contributed by atoms with Gasteiger partial charge in [0.1, 0.15) is 11.6 Å². The van der Waals surface area contributed by atoms with Crippen LogP contribution in [0.1, 0.15) is 0 Å². The van der Waals surface area contributed by atoms with Crippen LogP contribution in [0.2, 0.25) is 0 Å². The Morgan fingerprint density at radius 3 is 1.40 bits per heavy atom. The average Bonchev–Trinajstić information content (AvgIpc) is 2.71. The van der Waals surface area contributed by atoms with E-state index in [1.807, 2.05) is 24.5 Å². The van der Waals surface area contributed by atoms with Crippen molar-refractivity contribution in [3.05, 3.63) is 48.8 Å². The lowest BCUT2D eigenvalue weighted by molar-refractivity contribution is 0.119. The van der Waals surface area contributed by atoms with Gasteiger partial charge in [0.05, 0.1) is 6.67 Å². The molecule has 25 heavy (non-hydrogen) atoms. The van der Waals surface area contributed by atoms with Gasteiger partial charge in [-0.25, -0.2) is 9.97 Å². The van der Waals surface area contributed by atoms with Crippen molar-refractivity contribution in [3.8, 4) is 0 Å². The van der Waals surface area contributed by atoms with Crippen molar-refractivity contribution in [3.63, 3.8) is 0 Å². The lowest BCUT2D eigenvalue weighted by Crippen LogP contribution is -2.54. The van der Waals surface area contributed by atoms with Crippen LogP contribution in [0, 0.1) is 0 Å². The van der Waals surface area contributed by atoms with Gasteiger partial charge in [-0.15, -0.1) is 0 Å². The molecule has 0 amide bonds. The van der Waals surface area contributed by atoms with Gasteiger partial charge in [-0.2, -0.15) is 0 Å². The van der Waals surface area contributed by atoms with Crippen molar-refractivity contribution < 1.29 is 0 Å². The molecule has 0 unspecified atom stereocenters. The van der Waals surface area contributed by atoms with Crippen LogP contribution in [0.4, 0.5) is 11.6 Å². The van der Waals surface area contributed by atoms with E-state index < -0.39 is 0 Å². The van der Waals surface area contributed by atoms with Crippen LogP contribution in [0.25, 0.3) is 0 Å². The van der Waals surface area contributed by atoms with Gasteiger partial charge in [-0.05, 0) is 24.3 Å². The van der Waals surface area contributed by atoms with Crippen molar-refractivity contribution >= 4 is 11.6 Å². The van der Waals surface area contributed by atoms with Gasteiger partial charge < -0.3 is 9.80 Å². The zero-order chi connectivity index (χ0) is 16.9. The quantitative estimate of drug-likeness (QED) is 0.839. The summed E-state index contributed by atoms with van der Waals surface area (Å²) in [5, 5.41) is 0. The first-order chi connectivity index (χ1) is 12.4. The standard InChI is InChI=1S/C19H26N6/c1-3-7-20-18(5-1)24-13-9-22(10-14-24)17-23-11-15-25(16-12-23)19-6-2-4-8-21-19/h1-8H,9-17H2. The summed E-state index contributed by atoms with van der Waals surface area (Å²) in [6.07, 6.45) is 3.76. The second kappa shape index (κ2) is 7.80. The maximum atomic E-state index is 4.47. The average molecular weight is 338 g/mol. The molecule has 0 spiro atoms. The van der Waals surface area contributed by atoms with Crippen LogP contribution in [0.15, 0.2) is 48.8 Å². The molecule has 0 saturated carbocycles. The molecule has 0 radical (unpaired) electrons. The topological polar surface area (TPSA) is 38.7 Å². The van der Waals surface area contributed by atoms with Gasteiger partial charge in [-0.3, -0.25) is 9.80 Å². The minimum Gasteiger partial charge on any atom is -0.354 e. The minimum absolute atomic E-state index is 1.06. The van der Waals surface area contributed by atoms with Crippen molar-refractivity contribution in [1.82, 2.24) is 19.8 Å². The third-order valence-corrected chi connectivity index (χ3v) is 5.09. The molecule has 2 saturated heterocycles. The van der Waals surface area contributed by atoms with Crippen molar-refractivity contribution in [2.45, 2.75) is 0 Å². The molecule has 6 nitrogen and oxygen atoms in total. The van der Waals surface area contributed by atoms with E-state index in [-0.39, 0.29) is 0 Å². The number of aromatic nitrogens is 2. The number of rotatable bonds is 4. The molecule has 6 heteroatoms. The monoisotopic (exact) mass is 338 g/mol. The summed E-state index contributed by atoms with van der Waals surface area (Å²) in [5.41, 5.74) is 0. The normalized spacial score (nSPS) is 20.0. The predicted octanol–water partition coefficient (Wildman–Crippen LogP) is 1.38. The summed E-state index contributed by atoms with van der Waals surface area (Å²) in [7, 11) is 0. The summed E-state index contributed by atoms with van der Waals surface area (Å²) in [6, 6.07) is 12.3. The van der Waals surface area contributed by atoms with Gasteiger partial charge in [0.2, 0.25) is 0 Å². The van der Waals surface area contributed by atoms with Crippen LogP contribution in [0.5, 0.6) is 0 Å². The summed E-state index contributed by atoms with van der Waals surface area (Å²) in [5.74, 6) is 2.21. The van der Waals surface area contributed by atoms with Crippen LogP contribution >= 0.6 is 0 Å². The molecule has 0 N–H and O–H groups in total. The van der Waals surface area contributed by atoms with Crippen molar-refractivity contribution in [1.29, 1.82) is 0 Å². The van der Waals surface area contributed by atoms with Gasteiger partial charge in [-0.1, -0.05) is 12.1 Å². The Morgan fingerprint density at radius 1 is 0.600 bits per heavy atom. The Labute approximate surface area is 149 Å². The molecule has 0 aliphatic carbocycles. The fourth-order valence-corrected chi connectivity index (χ4v) is 3.60. The number of nitrogens with zero attached hydrogens (tertiary/aromatic N) is 6. The summed E-state index contributed by atoms with van der Waals surface area (Å²) in [6.45, 7) is 9.75. The first-order valence-corrected chi connectivity index (χ1v) is 9.15. The summed E-state index contributed by atoms with van der Waals surface area (Å²) >= 11 is 0. The van der Waals surface area contributed by atoms with Gasteiger partial charge in [0.15, 0.2) is 0 Å².